The van der Waals surface area contributed by atoms with Crippen molar-refractivity contribution in [1.82, 2.24) is 5.32 Å². The zero-order valence-corrected chi connectivity index (χ0v) is 13.6. The Morgan fingerprint density at radius 1 is 0.957 bits per heavy atom. The summed E-state index contributed by atoms with van der Waals surface area (Å²) in [5.41, 5.74) is 8.02. The average Bonchev–Trinajstić information content (AvgIpc) is 2.53. The van der Waals surface area contributed by atoms with Crippen LogP contribution >= 0.6 is 0 Å². The second kappa shape index (κ2) is 7.89. The monoisotopic (exact) mass is 332 g/mol. The summed E-state index contributed by atoms with van der Waals surface area (Å²) in [6, 6.07) is 17.2. The third-order valence-electron chi connectivity index (χ3n) is 3.27. The smallest absolute Gasteiger partial charge is 0.235 e. The highest BCUT2D eigenvalue weighted by atomic mass is 32.2. The van der Waals surface area contributed by atoms with Crippen LogP contribution in [0.1, 0.15) is 5.56 Å². The van der Waals surface area contributed by atoms with E-state index in [2.05, 4.69) is 5.32 Å². The molecule has 0 saturated carbocycles. The average molecular weight is 332 g/mol. The number of carbonyl (C=O) groups is 1. The summed E-state index contributed by atoms with van der Waals surface area (Å²) >= 11 is 0. The molecule has 0 spiro atoms. The summed E-state index contributed by atoms with van der Waals surface area (Å²) in [5.74, 6) is -1.19. The van der Waals surface area contributed by atoms with Crippen molar-refractivity contribution in [3.05, 3.63) is 60.2 Å². The second-order valence-corrected chi connectivity index (χ2v) is 7.30. The number of rotatable bonds is 7. The predicted molar refractivity (Wildman–Crippen MR) is 91.4 cm³/mol. The molecule has 2 aromatic rings. The normalized spacial score (nSPS) is 11.2. The highest BCUT2D eigenvalue weighted by Gasteiger charge is 2.17. The summed E-state index contributed by atoms with van der Waals surface area (Å²) in [6.45, 7) is 0.562. The Labute approximate surface area is 136 Å². The maximum Gasteiger partial charge on any atom is 0.235 e. The molecule has 0 aromatic heterocycles. The lowest BCUT2D eigenvalue weighted by molar-refractivity contribution is -0.118. The minimum absolute atomic E-state index is 0.155. The molecule has 2 rings (SSSR count). The number of nitrogens with one attached hydrogen (secondary N) is 1. The molecule has 0 aliphatic carbocycles. The minimum atomic E-state index is -3.49. The molecule has 0 aliphatic heterocycles. The molecule has 5 nitrogen and oxygen atoms in total. The van der Waals surface area contributed by atoms with Crippen LogP contribution < -0.4 is 11.1 Å². The van der Waals surface area contributed by atoms with Crippen molar-refractivity contribution in [3.63, 3.8) is 0 Å². The zero-order valence-electron chi connectivity index (χ0n) is 12.7. The number of amides is 1. The molecule has 0 atom stereocenters. The van der Waals surface area contributed by atoms with E-state index < -0.39 is 21.5 Å². The lowest BCUT2D eigenvalue weighted by Crippen LogP contribution is -2.34. The quantitative estimate of drug-likeness (QED) is 0.801. The molecule has 6 heteroatoms. The van der Waals surface area contributed by atoms with Gasteiger partial charge in [-0.15, -0.1) is 0 Å². The molecule has 2 aromatic carbocycles. The van der Waals surface area contributed by atoms with Gasteiger partial charge in [-0.2, -0.15) is 0 Å². The Bertz CT molecular complexity index is 741. The Kier molecular flexibility index (Phi) is 5.90. The van der Waals surface area contributed by atoms with E-state index in [0.717, 1.165) is 11.1 Å². The molecule has 0 aliphatic rings. The SMILES string of the molecule is NCCNC(=O)CS(=O)(=O)Cc1ccc(-c2ccccc2)cc1. The van der Waals surface area contributed by atoms with Crippen molar-refractivity contribution in [3.8, 4) is 11.1 Å². The zero-order chi connectivity index (χ0) is 16.7. The summed E-state index contributed by atoms with van der Waals surface area (Å²) < 4.78 is 24.1. The van der Waals surface area contributed by atoms with Gasteiger partial charge in [0, 0.05) is 13.1 Å². The minimum Gasteiger partial charge on any atom is -0.354 e. The van der Waals surface area contributed by atoms with Crippen LogP contribution in [0, 0.1) is 0 Å². The van der Waals surface area contributed by atoms with Crippen molar-refractivity contribution >= 4 is 15.7 Å². The fraction of sp³-hybridized carbons (Fsp3) is 0.235. The van der Waals surface area contributed by atoms with Crippen molar-refractivity contribution in [1.29, 1.82) is 0 Å². The third kappa shape index (κ3) is 5.50. The van der Waals surface area contributed by atoms with Gasteiger partial charge in [-0.1, -0.05) is 54.6 Å². The van der Waals surface area contributed by atoms with Gasteiger partial charge in [0.1, 0.15) is 5.75 Å². The van der Waals surface area contributed by atoms with Gasteiger partial charge in [-0.05, 0) is 16.7 Å². The standard InChI is InChI=1S/C17H20N2O3S/c18-10-11-19-17(20)13-23(21,22)12-14-6-8-16(9-7-14)15-4-2-1-3-5-15/h1-9H,10-13,18H2,(H,19,20). The molecule has 3 N–H and O–H groups in total. The van der Waals surface area contributed by atoms with E-state index in [9.17, 15) is 13.2 Å². The molecule has 23 heavy (non-hydrogen) atoms. The Morgan fingerprint density at radius 2 is 1.57 bits per heavy atom. The van der Waals surface area contributed by atoms with Crippen LogP contribution in [0.15, 0.2) is 54.6 Å². The molecular formula is C17H20N2O3S. The van der Waals surface area contributed by atoms with Crippen molar-refractivity contribution < 1.29 is 13.2 Å². The van der Waals surface area contributed by atoms with Crippen LogP contribution in [0.4, 0.5) is 0 Å². The Morgan fingerprint density at radius 3 is 2.17 bits per heavy atom. The van der Waals surface area contributed by atoms with Gasteiger partial charge in [0.2, 0.25) is 5.91 Å². The second-order valence-electron chi connectivity index (χ2n) is 5.23. The molecule has 0 unspecified atom stereocenters. The number of sulfone groups is 1. The van der Waals surface area contributed by atoms with Crippen molar-refractivity contribution in [2.75, 3.05) is 18.8 Å². The molecule has 1 amide bonds. The van der Waals surface area contributed by atoms with Gasteiger partial charge >= 0.3 is 0 Å². The van der Waals surface area contributed by atoms with E-state index in [1.54, 1.807) is 12.1 Å². The maximum absolute atomic E-state index is 12.0. The first kappa shape index (κ1) is 17.2. The van der Waals surface area contributed by atoms with Gasteiger partial charge in [0.15, 0.2) is 9.84 Å². The molecule has 0 saturated heterocycles. The van der Waals surface area contributed by atoms with Gasteiger partial charge in [-0.3, -0.25) is 4.79 Å². The van der Waals surface area contributed by atoms with Crippen LogP contribution in [-0.2, 0) is 20.4 Å². The molecule has 0 fully saturated rings. The molecule has 0 heterocycles. The number of nitrogens with two attached hydrogens (primary N) is 1. The summed E-state index contributed by atoms with van der Waals surface area (Å²) in [6.07, 6.45) is 0. The van der Waals surface area contributed by atoms with Gasteiger partial charge < -0.3 is 11.1 Å². The van der Waals surface area contributed by atoms with Gasteiger partial charge in [0.25, 0.3) is 0 Å². The predicted octanol–water partition coefficient (Wildman–Crippen LogP) is 1.34. The van der Waals surface area contributed by atoms with E-state index in [1.165, 1.54) is 0 Å². The van der Waals surface area contributed by atoms with Crippen LogP contribution in [0.5, 0.6) is 0 Å². The van der Waals surface area contributed by atoms with E-state index in [4.69, 9.17) is 5.73 Å². The fourth-order valence-electron chi connectivity index (χ4n) is 2.19. The number of benzene rings is 2. The van der Waals surface area contributed by atoms with Crippen LogP contribution in [0.3, 0.4) is 0 Å². The fourth-order valence-corrected chi connectivity index (χ4v) is 3.50. The van der Waals surface area contributed by atoms with Gasteiger partial charge in [0.05, 0.1) is 5.75 Å². The highest BCUT2D eigenvalue weighted by molar-refractivity contribution is 7.91. The van der Waals surface area contributed by atoms with Crippen molar-refractivity contribution in [2.45, 2.75) is 5.75 Å². The topological polar surface area (TPSA) is 89.3 Å². The van der Waals surface area contributed by atoms with E-state index in [1.807, 2.05) is 42.5 Å². The number of carbonyl (C=O) groups excluding carboxylic acids is 1. The summed E-state index contributed by atoms with van der Waals surface area (Å²) in [4.78, 5) is 11.5. The van der Waals surface area contributed by atoms with Gasteiger partial charge in [-0.25, -0.2) is 8.42 Å². The number of hydrogen-bond donors (Lipinski definition) is 2. The maximum atomic E-state index is 12.0. The van der Waals surface area contributed by atoms with Crippen molar-refractivity contribution in [2.24, 2.45) is 5.73 Å². The molecule has 122 valence electrons. The molecule has 0 bridgehead atoms. The first-order chi connectivity index (χ1) is 11.0. The lowest BCUT2D eigenvalue weighted by Gasteiger charge is -2.07. The van der Waals surface area contributed by atoms with Crippen LogP contribution in [-0.4, -0.2) is 33.2 Å². The first-order valence-electron chi connectivity index (χ1n) is 7.32. The van der Waals surface area contributed by atoms with Crippen LogP contribution in [0.2, 0.25) is 0 Å². The van der Waals surface area contributed by atoms with Crippen LogP contribution in [0.25, 0.3) is 11.1 Å². The molecule has 0 radical (unpaired) electrons. The first-order valence-corrected chi connectivity index (χ1v) is 9.14. The third-order valence-corrected chi connectivity index (χ3v) is 4.74. The lowest BCUT2D eigenvalue weighted by atomic mass is 10.0. The van der Waals surface area contributed by atoms with E-state index in [0.29, 0.717) is 5.56 Å². The Balaban J connectivity index is 2.01. The highest BCUT2D eigenvalue weighted by Crippen LogP contribution is 2.20. The number of hydrogen-bond acceptors (Lipinski definition) is 4. The largest absolute Gasteiger partial charge is 0.354 e. The van der Waals surface area contributed by atoms with E-state index >= 15 is 0 Å². The summed E-state index contributed by atoms with van der Waals surface area (Å²) in [7, 11) is -3.49. The van der Waals surface area contributed by atoms with E-state index in [-0.39, 0.29) is 18.8 Å². The molecular weight excluding hydrogens is 312 g/mol. The summed E-state index contributed by atoms with van der Waals surface area (Å²) in [5, 5.41) is 2.46. The Hall–Kier alpha value is -2.18.